The summed E-state index contributed by atoms with van der Waals surface area (Å²) in [5.74, 6) is -0.366. The molecule has 0 N–H and O–H groups in total. The number of nitriles is 1. The molecule has 1 aromatic rings. The molecule has 0 bridgehead atoms. The molecule has 14 heavy (non-hydrogen) atoms. The molecule has 0 aliphatic carbocycles. The van der Waals surface area contributed by atoms with Gasteiger partial charge in [0, 0.05) is 10.0 Å². The van der Waals surface area contributed by atoms with Crippen LogP contribution in [0.3, 0.4) is 0 Å². The number of hydrogen-bond donors (Lipinski definition) is 0. The fourth-order valence-corrected chi connectivity index (χ4v) is 1.39. The highest BCUT2D eigenvalue weighted by molar-refractivity contribution is 9.15. The molecule has 1 rings (SSSR count). The van der Waals surface area contributed by atoms with Crippen LogP contribution in [0.4, 0.5) is 4.39 Å². The summed E-state index contributed by atoms with van der Waals surface area (Å²) < 4.78 is 13.4. The van der Waals surface area contributed by atoms with Gasteiger partial charge in [-0.1, -0.05) is 35.2 Å². The van der Waals surface area contributed by atoms with Crippen LogP contribution in [0.5, 0.6) is 0 Å². The normalized spacial score (nSPS) is 9.21. The van der Waals surface area contributed by atoms with E-state index in [1.54, 1.807) is 0 Å². The molecule has 0 aliphatic rings. The molecule has 1 nitrogen and oxygen atoms in total. The Morgan fingerprint density at radius 2 is 2.00 bits per heavy atom. The number of rotatable bonds is 2. The molecule has 0 spiro atoms. The Balaban J connectivity index is 3.38. The second kappa shape index (κ2) is 4.21. The van der Waals surface area contributed by atoms with Gasteiger partial charge in [-0.05, 0) is 17.7 Å². The SMILES string of the molecule is C=C(Br)c1cc(F)ccc1C(=C)C#N. The van der Waals surface area contributed by atoms with Gasteiger partial charge in [-0.2, -0.15) is 5.26 Å². The van der Waals surface area contributed by atoms with Gasteiger partial charge in [0.05, 0.1) is 11.6 Å². The van der Waals surface area contributed by atoms with E-state index in [2.05, 4.69) is 29.1 Å². The van der Waals surface area contributed by atoms with Crippen molar-refractivity contribution in [3.05, 3.63) is 48.3 Å². The highest BCUT2D eigenvalue weighted by Crippen LogP contribution is 2.27. The van der Waals surface area contributed by atoms with Crippen molar-refractivity contribution in [3.63, 3.8) is 0 Å². The lowest BCUT2D eigenvalue weighted by atomic mass is 10.0. The Morgan fingerprint density at radius 1 is 1.36 bits per heavy atom. The van der Waals surface area contributed by atoms with Crippen molar-refractivity contribution in [1.29, 1.82) is 5.26 Å². The maximum Gasteiger partial charge on any atom is 0.123 e. The fourth-order valence-electron chi connectivity index (χ4n) is 1.06. The molecule has 0 aromatic heterocycles. The molecular weight excluding hydrogens is 245 g/mol. The average Bonchev–Trinajstić information content (AvgIpc) is 2.16. The zero-order chi connectivity index (χ0) is 10.7. The van der Waals surface area contributed by atoms with Gasteiger partial charge in [-0.25, -0.2) is 4.39 Å². The Labute approximate surface area is 90.3 Å². The summed E-state index contributed by atoms with van der Waals surface area (Å²) >= 11 is 3.15. The zero-order valence-corrected chi connectivity index (χ0v) is 8.94. The van der Waals surface area contributed by atoms with E-state index in [9.17, 15) is 4.39 Å². The number of hydrogen-bond acceptors (Lipinski definition) is 1. The molecule has 0 atom stereocenters. The van der Waals surface area contributed by atoms with E-state index in [0.29, 0.717) is 21.2 Å². The van der Waals surface area contributed by atoms with Gasteiger partial charge in [0.1, 0.15) is 5.82 Å². The molecule has 3 heteroatoms. The lowest BCUT2D eigenvalue weighted by Gasteiger charge is -2.05. The third-order valence-corrected chi connectivity index (χ3v) is 2.16. The number of allylic oxidation sites excluding steroid dienone is 1. The third-order valence-electron chi connectivity index (χ3n) is 1.73. The number of benzene rings is 1. The summed E-state index contributed by atoms with van der Waals surface area (Å²) in [6, 6.07) is 6.04. The predicted octanol–water partition coefficient (Wildman–Crippen LogP) is 3.73. The molecule has 0 unspecified atom stereocenters. The Bertz CT molecular complexity index is 443. The van der Waals surface area contributed by atoms with Crippen LogP contribution < -0.4 is 0 Å². The van der Waals surface area contributed by atoms with Gasteiger partial charge in [-0.15, -0.1) is 0 Å². The van der Waals surface area contributed by atoms with Crippen LogP contribution in [-0.2, 0) is 0 Å². The molecule has 0 heterocycles. The molecule has 0 aliphatic heterocycles. The lowest BCUT2D eigenvalue weighted by Crippen LogP contribution is -1.89. The van der Waals surface area contributed by atoms with Crippen molar-refractivity contribution < 1.29 is 4.39 Å². The first-order valence-electron chi connectivity index (χ1n) is 3.80. The summed E-state index contributed by atoms with van der Waals surface area (Å²) in [6.45, 7) is 7.21. The van der Waals surface area contributed by atoms with Crippen LogP contribution in [0, 0.1) is 17.1 Å². The summed E-state index contributed by atoms with van der Waals surface area (Å²) in [5, 5.41) is 8.68. The van der Waals surface area contributed by atoms with Crippen LogP contribution in [0.1, 0.15) is 11.1 Å². The average molecular weight is 252 g/mol. The van der Waals surface area contributed by atoms with E-state index < -0.39 is 0 Å². The van der Waals surface area contributed by atoms with Crippen LogP contribution >= 0.6 is 15.9 Å². The third kappa shape index (κ3) is 2.09. The molecule has 0 fully saturated rings. The Morgan fingerprint density at radius 3 is 2.50 bits per heavy atom. The van der Waals surface area contributed by atoms with Crippen molar-refractivity contribution in [2.45, 2.75) is 0 Å². The summed E-state index contributed by atoms with van der Waals surface area (Å²) in [6.07, 6.45) is 0. The minimum atomic E-state index is -0.366. The maximum atomic E-state index is 12.9. The second-order valence-corrected chi connectivity index (χ2v) is 3.64. The van der Waals surface area contributed by atoms with Crippen LogP contribution in [0.2, 0.25) is 0 Å². The van der Waals surface area contributed by atoms with Crippen molar-refractivity contribution in [2.24, 2.45) is 0 Å². The topological polar surface area (TPSA) is 23.8 Å². The zero-order valence-electron chi connectivity index (χ0n) is 7.35. The summed E-state index contributed by atoms with van der Waals surface area (Å²) in [4.78, 5) is 0. The Kier molecular flexibility index (Phi) is 3.21. The van der Waals surface area contributed by atoms with Crippen LogP contribution in [0.25, 0.3) is 10.1 Å². The van der Waals surface area contributed by atoms with E-state index in [4.69, 9.17) is 5.26 Å². The Hall–Kier alpha value is -1.40. The molecule has 0 radical (unpaired) electrons. The standard InChI is InChI=1S/C11H7BrFN/c1-7(6-14)10-4-3-9(13)5-11(10)8(2)12/h3-5H,1-2H2. The first kappa shape index (κ1) is 10.7. The highest BCUT2D eigenvalue weighted by atomic mass is 79.9. The largest absolute Gasteiger partial charge is 0.207 e. The number of nitrogens with zero attached hydrogens (tertiary/aromatic N) is 1. The van der Waals surface area contributed by atoms with E-state index >= 15 is 0 Å². The fraction of sp³-hybridized carbons (Fsp3) is 0. The molecule has 0 saturated carbocycles. The van der Waals surface area contributed by atoms with Gasteiger partial charge in [0.25, 0.3) is 0 Å². The first-order chi connectivity index (χ1) is 6.56. The van der Waals surface area contributed by atoms with Crippen molar-refractivity contribution in [1.82, 2.24) is 0 Å². The highest BCUT2D eigenvalue weighted by Gasteiger charge is 2.08. The van der Waals surface area contributed by atoms with Gasteiger partial charge >= 0.3 is 0 Å². The van der Waals surface area contributed by atoms with E-state index in [-0.39, 0.29) is 5.82 Å². The molecule has 0 saturated heterocycles. The van der Waals surface area contributed by atoms with Gasteiger partial charge in [0.2, 0.25) is 0 Å². The monoisotopic (exact) mass is 251 g/mol. The van der Waals surface area contributed by atoms with Crippen molar-refractivity contribution in [2.75, 3.05) is 0 Å². The van der Waals surface area contributed by atoms with E-state index in [1.807, 2.05) is 6.07 Å². The molecule has 1 aromatic carbocycles. The summed E-state index contributed by atoms with van der Waals surface area (Å²) in [7, 11) is 0. The minimum absolute atomic E-state index is 0.292. The van der Waals surface area contributed by atoms with Crippen molar-refractivity contribution in [3.8, 4) is 6.07 Å². The minimum Gasteiger partial charge on any atom is -0.207 e. The summed E-state index contributed by atoms with van der Waals surface area (Å²) in [5.41, 5.74) is 1.44. The van der Waals surface area contributed by atoms with E-state index in [0.717, 1.165) is 0 Å². The first-order valence-corrected chi connectivity index (χ1v) is 4.59. The lowest BCUT2D eigenvalue weighted by molar-refractivity contribution is 0.627. The van der Waals surface area contributed by atoms with Gasteiger partial charge < -0.3 is 0 Å². The smallest absolute Gasteiger partial charge is 0.123 e. The van der Waals surface area contributed by atoms with E-state index in [1.165, 1.54) is 18.2 Å². The van der Waals surface area contributed by atoms with Gasteiger partial charge in [-0.3, -0.25) is 0 Å². The molecule has 70 valence electrons. The maximum absolute atomic E-state index is 12.9. The van der Waals surface area contributed by atoms with Crippen molar-refractivity contribution >= 4 is 26.0 Å². The van der Waals surface area contributed by atoms with Gasteiger partial charge in [0.15, 0.2) is 0 Å². The molecular formula is C11H7BrFN. The quantitative estimate of drug-likeness (QED) is 0.735. The molecule has 0 amide bonds. The predicted molar refractivity (Wildman–Crippen MR) is 59.0 cm³/mol. The second-order valence-electron chi connectivity index (χ2n) is 2.69. The van der Waals surface area contributed by atoms with Crippen LogP contribution in [-0.4, -0.2) is 0 Å². The van der Waals surface area contributed by atoms with Crippen LogP contribution in [0.15, 0.2) is 31.4 Å². The number of halogens is 2.